The first kappa shape index (κ1) is 11.1. The Kier molecular flexibility index (Phi) is 2.97. The molecule has 0 spiro atoms. The van der Waals surface area contributed by atoms with Gasteiger partial charge in [0, 0.05) is 5.69 Å². The zero-order chi connectivity index (χ0) is 11.6. The van der Waals surface area contributed by atoms with Gasteiger partial charge in [-0.25, -0.2) is 0 Å². The van der Waals surface area contributed by atoms with Crippen LogP contribution >= 0.6 is 0 Å². The Morgan fingerprint density at radius 3 is 2.44 bits per heavy atom. The number of aryl methyl sites for hydroxylation is 1. The molecule has 0 unspecified atom stereocenters. The van der Waals surface area contributed by atoms with Crippen LogP contribution in [0.4, 0.5) is 5.69 Å². The summed E-state index contributed by atoms with van der Waals surface area (Å²) in [7, 11) is 0. The standard InChI is InChI=1S/C13H18N2O/c1-2-10-4-6-11(7-5-10)15-12(16)13(14)8-3-9-13/h4-7H,2-3,8-9,14H2,1H3,(H,15,16). The van der Waals surface area contributed by atoms with E-state index in [4.69, 9.17) is 5.73 Å². The first-order valence-corrected chi connectivity index (χ1v) is 5.83. The van der Waals surface area contributed by atoms with Crippen LogP contribution in [0.1, 0.15) is 31.7 Å². The third-order valence-corrected chi connectivity index (χ3v) is 3.32. The van der Waals surface area contributed by atoms with Gasteiger partial charge in [-0.05, 0) is 43.4 Å². The fourth-order valence-corrected chi connectivity index (χ4v) is 1.86. The first-order chi connectivity index (χ1) is 7.64. The van der Waals surface area contributed by atoms with Gasteiger partial charge in [0.15, 0.2) is 0 Å². The number of carbonyl (C=O) groups excluding carboxylic acids is 1. The molecule has 3 heteroatoms. The van der Waals surface area contributed by atoms with Crippen LogP contribution in [0.2, 0.25) is 0 Å². The summed E-state index contributed by atoms with van der Waals surface area (Å²) in [4.78, 5) is 11.8. The minimum Gasteiger partial charge on any atom is -0.324 e. The predicted molar refractivity (Wildman–Crippen MR) is 65.2 cm³/mol. The molecule has 0 heterocycles. The van der Waals surface area contributed by atoms with E-state index >= 15 is 0 Å². The monoisotopic (exact) mass is 218 g/mol. The summed E-state index contributed by atoms with van der Waals surface area (Å²) in [5.74, 6) is -0.0528. The Morgan fingerprint density at radius 2 is 2.00 bits per heavy atom. The van der Waals surface area contributed by atoms with E-state index in [2.05, 4.69) is 12.2 Å². The van der Waals surface area contributed by atoms with E-state index in [0.717, 1.165) is 31.4 Å². The number of amides is 1. The van der Waals surface area contributed by atoms with Crippen molar-refractivity contribution >= 4 is 11.6 Å². The molecule has 86 valence electrons. The molecule has 0 bridgehead atoms. The topological polar surface area (TPSA) is 55.1 Å². The second-order valence-electron chi connectivity index (χ2n) is 4.51. The van der Waals surface area contributed by atoms with Crippen LogP contribution in [0.15, 0.2) is 24.3 Å². The van der Waals surface area contributed by atoms with Gasteiger partial charge in [-0.2, -0.15) is 0 Å². The molecule has 0 aromatic heterocycles. The predicted octanol–water partition coefficient (Wildman–Crippen LogP) is 2.07. The molecule has 1 aliphatic carbocycles. The van der Waals surface area contributed by atoms with Crippen LogP contribution in [0.3, 0.4) is 0 Å². The van der Waals surface area contributed by atoms with Crippen molar-refractivity contribution in [1.29, 1.82) is 0 Å². The quantitative estimate of drug-likeness (QED) is 0.816. The maximum absolute atomic E-state index is 11.8. The van der Waals surface area contributed by atoms with Gasteiger partial charge in [0.25, 0.3) is 0 Å². The molecule has 1 aromatic rings. The lowest BCUT2D eigenvalue weighted by Crippen LogP contribution is -2.56. The van der Waals surface area contributed by atoms with E-state index in [-0.39, 0.29) is 5.91 Å². The van der Waals surface area contributed by atoms with Crippen molar-refractivity contribution in [1.82, 2.24) is 0 Å². The molecule has 0 radical (unpaired) electrons. The lowest BCUT2D eigenvalue weighted by molar-refractivity contribution is -0.123. The van der Waals surface area contributed by atoms with Gasteiger partial charge in [0.05, 0.1) is 5.54 Å². The Labute approximate surface area is 96.0 Å². The van der Waals surface area contributed by atoms with Crippen molar-refractivity contribution in [2.75, 3.05) is 5.32 Å². The number of hydrogen-bond donors (Lipinski definition) is 2. The Balaban J connectivity index is 2.00. The normalized spacial score (nSPS) is 17.6. The second-order valence-corrected chi connectivity index (χ2v) is 4.51. The summed E-state index contributed by atoms with van der Waals surface area (Å²) in [5, 5.41) is 2.87. The number of benzene rings is 1. The number of nitrogens with one attached hydrogen (secondary N) is 1. The zero-order valence-electron chi connectivity index (χ0n) is 9.62. The number of rotatable bonds is 3. The van der Waals surface area contributed by atoms with Crippen molar-refractivity contribution < 1.29 is 4.79 Å². The van der Waals surface area contributed by atoms with E-state index in [1.165, 1.54) is 5.56 Å². The summed E-state index contributed by atoms with van der Waals surface area (Å²) in [5.41, 5.74) is 7.42. The molecule has 1 aromatic carbocycles. The van der Waals surface area contributed by atoms with E-state index in [1.807, 2.05) is 24.3 Å². The smallest absolute Gasteiger partial charge is 0.244 e. The molecular weight excluding hydrogens is 200 g/mol. The van der Waals surface area contributed by atoms with Crippen LogP contribution in [0, 0.1) is 0 Å². The number of hydrogen-bond acceptors (Lipinski definition) is 2. The lowest BCUT2D eigenvalue weighted by atomic mass is 9.77. The molecule has 1 saturated carbocycles. The minimum absolute atomic E-state index is 0.0528. The van der Waals surface area contributed by atoms with Gasteiger partial charge in [-0.1, -0.05) is 19.1 Å². The van der Waals surface area contributed by atoms with E-state index in [0.29, 0.717) is 0 Å². The molecule has 16 heavy (non-hydrogen) atoms. The second kappa shape index (κ2) is 4.26. The van der Waals surface area contributed by atoms with Gasteiger partial charge in [0.1, 0.15) is 0 Å². The number of anilines is 1. The molecule has 0 atom stereocenters. The average Bonchev–Trinajstić information content (AvgIpc) is 2.27. The summed E-state index contributed by atoms with van der Waals surface area (Å²) < 4.78 is 0. The van der Waals surface area contributed by atoms with Crippen molar-refractivity contribution in [3.8, 4) is 0 Å². The van der Waals surface area contributed by atoms with Gasteiger partial charge in [-0.15, -0.1) is 0 Å². The van der Waals surface area contributed by atoms with E-state index < -0.39 is 5.54 Å². The molecule has 3 N–H and O–H groups in total. The van der Waals surface area contributed by atoms with Gasteiger partial charge >= 0.3 is 0 Å². The molecule has 1 aliphatic rings. The highest BCUT2D eigenvalue weighted by Crippen LogP contribution is 2.30. The third-order valence-electron chi connectivity index (χ3n) is 3.32. The van der Waals surface area contributed by atoms with Crippen molar-refractivity contribution in [2.45, 2.75) is 38.1 Å². The Bertz CT molecular complexity index is 379. The SMILES string of the molecule is CCc1ccc(NC(=O)C2(N)CCC2)cc1. The first-order valence-electron chi connectivity index (χ1n) is 5.83. The van der Waals surface area contributed by atoms with Crippen LogP contribution in [0.25, 0.3) is 0 Å². The molecule has 2 rings (SSSR count). The Morgan fingerprint density at radius 1 is 1.38 bits per heavy atom. The highest BCUT2D eigenvalue weighted by molar-refractivity contribution is 5.98. The fraction of sp³-hybridized carbons (Fsp3) is 0.462. The molecule has 1 fully saturated rings. The fourth-order valence-electron chi connectivity index (χ4n) is 1.86. The van der Waals surface area contributed by atoms with Gasteiger partial charge in [-0.3, -0.25) is 4.79 Å². The van der Waals surface area contributed by atoms with Crippen molar-refractivity contribution in [3.63, 3.8) is 0 Å². The maximum Gasteiger partial charge on any atom is 0.244 e. The minimum atomic E-state index is -0.622. The summed E-state index contributed by atoms with van der Waals surface area (Å²) in [6.07, 6.45) is 3.66. The van der Waals surface area contributed by atoms with Crippen LogP contribution in [-0.2, 0) is 11.2 Å². The number of carbonyl (C=O) groups is 1. The largest absolute Gasteiger partial charge is 0.324 e. The van der Waals surface area contributed by atoms with Gasteiger partial charge < -0.3 is 11.1 Å². The highest BCUT2D eigenvalue weighted by atomic mass is 16.2. The van der Waals surface area contributed by atoms with Crippen molar-refractivity contribution in [2.24, 2.45) is 5.73 Å². The summed E-state index contributed by atoms with van der Waals surface area (Å²) in [6.45, 7) is 2.11. The molecule has 3 nitrogen and oxygen atoms in total. The maximum atomic E-state index is 11.8. The van der Waals surface area contributed by atoms with Crippen LogP contribution in [0.5, 0.6) is 0 Å². The summed E-state index contributed by atoms with van der Waals surface area (Å²) in [6, 6.07) is 7.91. The van der Waals surface area contributed by atoms with Crippen LogP contribution < -0.4 is 11.1 Å². The molecule has 0 saturated heterocycles. The van der Waals surface area contributed by atoms with Crippen LogP contribution in [-0.4, -0.2) is 11.4 Å². The van der Waals surface area contributed by atoms with E-state index in [9.17, 15) is 4.79 Å². The lowest BCUT2D eigenvalue weighted by Gasteiger charge is -2.36. The number of nitrogens with two attached hydrogens (primary N) is 1. The summed E-state index contributed by atoms with van der Waals surface area (Å²) >= 11 is 0. The molecular formula is C13H18N2O. The zero-order valence-corrected chi connectivity index (χ0v) is 9.62. The highest BCUT2D eigenvalue weighted by Gasteiger charge is 2.39. The Hall–Kier alpha value is -1.35. The third kappa shape index (κ3) is 2.09. The van der Waals surface area contributed by atoms with Crippen molar-refractivity contribution in [3.05, 3.63) is 29.8 Å². The van der Waals surface area contributed by atoms with Gasteiger partial charge in [0.2, 0.25) is 5.91 Å². The molecule has 0 aliphatic heterocycles. The molecule has 1 amide bonds. The average molecular weight is 218 g/mol. The van der Waals surface area contributed by atoms with E-state index in [1.54, 1.807) is 0 Å².